The SMILES string of the molecule is Cc1nc2n(n1)[C@H](c1ccccc1)[C@@H](O)C(c1ccccc1)=N2. The van der Waals surface area contributed by atoms with Crippen LogP contribution in [-0.2, 0) is 0 Å². The molecule has 0 saturated carbocycles. The Morgan fingerprint density at radius 1 is 0.957 bits per heavy atom. The Balaban J connectivity index is 1.90. The van der Waals surface area contributed by atoms with Crippen LogP contribution in [-0.4, -0.2) is 31.7 Å². The zero-order chi connectivity index (χ0) is 15.8. The maximum absolute atomic E-state index is 11.0. The Hall–Kier alpha value is -2.79. The molecule has 0 radical (unpaired) electrons. The molecule has 0 amide bonds. The lowest BCUT2D eigenvalue weighted by Crippen LogP contribution is -2.36. The van der Waals surface area contributed by atoms with Crippen LogP contribution in [0.2, 0.25) is 0 Å². The molecule has 3 aromatic rings. The van der Waals surface area contributed by atoms with Crippen molar-refractivity contribution in [2.45, 2.75) is 19.1 Å². The Kier molecular flexibility index (Phi) is 3.28. The summed E-state index contributed by atoms with van der Waals surface area (Å²) in [4.78, 5) is 8.94. The van der Waals surface area contributed by atoms with Gasteiger partial charge in [0.2, 0.25) is 5.95 Å². The highest BCUT2D eigenvalue weighted by atomic mass is 16.3. The van der Waals surface area contributed by atoms with Crippen LogP contribution in [0.4, 0.5) is 5.95 Å². The maximum atomic E-state index is 11.0. The van der Waals surface area contributed by atoms with E-state index in [9.17, 15) is 5.11 Å². The summed E-state index contributed by atoms with van der Waals surface area (Å²) in [6.07, 6.45) is -0.784. The standard InChI is InChI=1S/C18H16N4O/c1-12-19-18-20-15(13-8-4-2-5-9-13)17(23)16(22(18)21-12)14-10-6-3-7-11-14/h2-11,16-17,23H,1H3/t16-,17+/m1/s1. The summed E-state index contributed by atoms with van der Waals surface area (Å²) in [5.41, 5.74) is 2.50. The average molecular weight is 304 g/mol. The molecule has 2 aromatic carbocycles. The van der Waals surface area contributed by atoms with Crippen LogP contribution in [0.3, 0.4) is 0 Å². The topological polar surface area (TPSA) is 63.3 Å². The number of fused-ring (bicyclic) bond motifs is 1. The summed E-state index contributed by atoms with van der Waals surface area (Å²) < 4.78 is 1.71. The molecule has 1 N–H and O–H groups in total. The number of rotatable bonds is 2. The van der Waals surface area contributed by atoms with E-state index in [1.54, 1.807) is 4.68 Å². The number of aryl methyl sites for hydroxylation is 1. The molecular weight excluding hydrogens is 288 g/mol. The van der Waals surface area contributed by atoms with Crippen LogP contribution in [0.15, 0.2) is 65.7 Å². The van der Waals surface area contributed by atoms with E-state index < -0.39 is 6.10 Å². The number of hydrogen-bond donors (Lipinski definition) is 1. The first kappa shape index (κ1) is 13.8. The Bertz CT molecular complexity index is 855. The van der Waals surface area contributed by atoms with E-state index in [0.29, 0.717) is 17.5 Å². The summed E-state index contributed by atoms with van der Waals surface area (Å²) in [5, 5.41) is 15.4. The molecule has 1 aromatic heterocycles. The molecule has 4 rings (SSSR count). The summed E-state index contributed by atoms with van der Waals surface area (Å²) in [5.74, 6) is 1.17. The third kappa shape index (κ3) is 2.35. The van der Waals surface area contributed by atoms with E-state index in [1.165, 1.54) is 0 Å². The summed E-state index contributed by atoms with van der Waals surface area (Å²) in [6.45, 7) is 1.83. The van der Waals surface area contributed by atoms with Gasteiger partial charge < -0.3 is 5.11 Å². The third-order valence-electron chi connectivity index (χ3n) is 3.99. The van der Waals surface area contributed by atoms with E-state index in [0.717, 1.165) is 11.1 Å². The minimum absolute atomic E-state index is 0.333. The van der Waals surface area contributed by atoms with Crippen molar-refractivity contribution in [3.63, 3.8) is 0 Å². The van der Waals surface area contributed by atoms with Gasteiger partial charge in [0.05, 0.1) is 5.71 Å². The zero-order valence-corrected chi connectivity index (χ0v) is 12.7. The van der Waals surface area contributed by atoms with Gasteiger partial charge in [-0.2, -0.15) is 10.1 Å². The third-order valence-corrected chi connectivity index (χ3v) is 3.99. The van der Waals surface area contributed by atoms with Crippen LogP contribution in [0, 0.1) is 6.92 Å². The van der Waals surface area contributed by atoms with E-state index in [2.05, 4.69) is 15.1 Å². The van der Waals surface area contributed by atoms with E-state index in [1.807, 2.05) is 67.6 Å². The van der Waals surface area contributed by atoms with Gasteiger partial charge >= 0.3 is 0 Å². The van der Waals surface area contributed by atoms with Crippen molar-refractivity contribution in [3.8, 4) is 0 Å². The maximum Gasteiger partial charge on any atom is 0.249 e. The van der Waals surface area contributed by atoms with E-state index in [-0.39, 0.29) is 6.04 Å². The minimum Gasteiger partial charge on any atom is -0.384 e. The van der Waals surface area contributed by atoms with E-state index in [4.69, 9.17) is 0 Å². The highest BCUT2D eigenvalue weighted by molar-refractivity contribution is 6.05. The largest absolute Gasteiger partial charge is 0.384 e. The van der Waals surface area contributed by atoms with Gasteiger partial charge in [-0.1, -0.05) is 60.7 Å². The van der Waals surface area contributed by atoms with Crippen LogP contribution in [0.5, 0.6) is 0 Å². The molecule has 0 aliphatic carbocycles. The van der Waals surface area contributed by atoms with Gasteiger partial charge in [-0.05, 0) is 18.1 Å². The van der Waals surface area contributed by atoms with Crippen molar-refractivity contribution in [3.05, 3.63) is 77.6 Å². The fourth-order valence-corrected chi connectivity index (χ4v) is 2.96. The molecule has 0 spiro atoms. The van der Waals surface area contributed by atoms with Crippen molar-refractivity contribution in [2.24, 2.45) is 4.99 Å². The highest BCUT2D eigenvalue weighted by Gasteiger charge is 2.35. The fourth-order valence-electron chi connectivity index (χ4n) is 2.96. The van der Waals surface area contributed by atoms with Gasteiger partial charge in [-0.15, -0.1) is 0 Å². The monoisotopic (exact) mass is 304 g/mol. The number of hydrogen-bond acceptors (Lipinski definition) is 4. The van der Waals surface area contributed by atoms with Crippen LogP contribution < -0.4 is 0 Å². The second kappa shape index (κ2) is 5.44. The molecule has 5 nitrogen and oxygen atoms in total. The molecule has 2 atom stereocenters. The quantitative estimate of drug-likeness (QED) is 0.791. The summed E-state index contributed by atoms with van der Waals surface area (Å²) >= 11 is 0. The van der Waals surface area contributed by atoms with Gasteiger partial charge in [0.25, 0.3) is 0 Å². The second-order valence-electron chi connectivity index (χ2n) is 5.57. The van der Waals surface area contributed by atoms with Crippen molar-refractivity contribution in [1.29, 1.82) is 0 Å². The Morgan fingerprint density at radius 3 is 2.30 bits per heavy atom. The van der Waals surface area contributed by atoms with Crippen molar-refractivity contribution >= 4 is 11.7 Å². The lowest BCUT2D eigenvalue weighted by molar-refractivity contribution is 0.183. The predicted molar refractivity (Wildman–Crippen MR) is 88.0 cm³/mol. The average Bonchev–Trinajstić information content (AvgIpc) is 2.95. The van der Waals surface area contributed by atoms with Gasteiger partial charge in [-0.25, -0.2) is 9.67 Å². The Morgan fingerprint density at radius 2 is 1.61 bits per heavy atom. The van der Waals surface area contributed by atoms with Crippen LogP contribution >= 0.6 is 0 Å². The molecule has 0 fully saturated rings. The molecule has 0 saturated heterocycles. The molecule has 2 heterocycles. The first-order chi connectivity index (χ1) is 11.2. The number of benzene rings is 2. The number of aliphatic hydroxyl groups is 1. The van der Waals surface area contributed by atoms with Crippen molar-refractivity contribution in [1.82, 2.24) is 14.8 Å². The first-order valence-corrected chi connectivity index (χ1v) is 7.54. The smallest absolute Gasteiger partial charge is 0.249 e. The zero-order valence-electron chi connectivity index (χ0n) is 12.7. The number of aromatic nitrogens is 3. The summed E-state index contributed by atoms with van der Waals surface area (Å²) in [7, 11) is 0. The van der Waals surface area contributed by atoms with Crippen LogP contribution in [0.1, 0.15) is 23.0 Å². The highest BCUT2D eigenvalue weighted by Crippen LogP contribution is 2.32. The minimum atomic E-state index is -0.784. The lowest BCUT2D eigenvalue weighted by Gasteiger charge is -2.29. The molecule has 5 heteroatoms. The molecule has 0 unspecified atom stereocenters. The number of nitrogens with zero attached hydrogens (tertiary/aromatic N) is 4. The predicted octanol–water partition coefficient (Wildman–Crippen LogP) is 2.67. The van der Waals surface area contributed by atoms with Gasteiger partial charge in [0.15, 0.2) is 0 Å². The van der Waals surface area contributed by atoms with E-state index >= 15 is 0 Å². The fraction of sp³-hybridized carbons (Fsp3) is 0.167. The van der Waals surface area contributed by atoms with Gasteiger partial charge in [0, 0.05) is 0 Å². The molecular formula is C18H16N4O. The van der Waals surface area contributed by atoms with Gasteiger partial charge in [-0.3, -0.25) is 0 Å². The van der Waals surface area contributed by atoms with Crippen molar-refractivity contribution in [2.75, 3.05) is 0 Å². The number of aliphatic imine (C=N–C) groups is 1. The molecule has 1 aliphatic rings. The first-order valence-electron chi connectivity index (χ1n) is 7.54. The van der Waals surface area contributed by atoms with Crippen LogP contribution in [0.25, 0.3) is 0 Å². The molecule has 23 heavy (non-hydrogen) atoms. The van der Waals surface area contributed by atoms with Crippen molar-refractivity contribution < 1.29 is 5.11 Å². The molecule has 0 bridgehead atoms. The molecule has 114 valence electrons. The summed E-state index contributed by atoms with van der Waals surface area (Å²) in [6, 6.07) is 19.2. The Labute approximate surface area is 134 Å². The lowest BCUT2D eigenvalue weighted by atomic mass is 9.93. The normalized spacial score (nSPS) is 20.0. The second-order valence-corrected chi connectivity index (χ2v) is 5.57. The van der Waals surface area contributed by atoms with Gasteiger partial charge in [0.1, 0.15) is 18.0 Å². The number of aliphatic hydroxyl groups excluding tert-OH is 1. The molecule has 1 aliphatic heterocycles.